The number of benzene rings is 1. The van der Waals surface area contributed by atoms with Crippen molar-refractivity contribution in [2.24, 2.45) is 11.7 Å². The van der Waals surface area contributed by atoms with Crippen LogP contribution in [0, 0.1) is 5.92 Å². The van der Waals surface area contributed by atoms with Crippen LogP contribution in [0.1, 0.15) is 37.9 Å². The molecule has 0 aliphatic carbocycles. The first-order chi connectivity index (χ1) is 15.6. The van der Waals surface area contributed by atoms with Crippen molar-refractivity contribution in [3.05, 3.63) is 48.5 Å². The first kappa shape index (κ1) is 19.7. The molecular formula is C24H24N4O3S. The van der Waals surface area contributed by atoms with Gasteiger partial charge >= 0.3 is 0 Å². The number of hydrogen-bond acceptors (Lipinski definition) is 7. The number of rotatable bonds is 6. The number of amides is 1. The van der Waals surface area contributed by atoms with E-state index in [9.17, 15) is 4.79 Å². The molecule has 4 aromatic rings. The molecule has 32 heavy (non-hydrogen) atoms. The van der Waals surface area contributed by atoms with Gasteiger partial charge in [0.05, 0.1) is 17.4 Å². The Bertz CT molecular complexity index is 1250. The molecule has 7 nitrogen and oxygen atoms in total. The molecule has 3 aromatic heterocycles. The summed E-state index contributed by atoms with van der Waals surface area (Å²) in [5, 5.41) is 1.63. The minimum absolute atomic E-state index is 0.180. The van der Waals surface area contributed by atoms with E-state index in [0.29, 0.717) is 29.6 Å². The molecular weight excluding hydrogens is 424 g/mol. The average molecular weight is 449 g/mol. The molecule has 8 heteroatoms. The van der Waals surface area contributed by atoms with Gasteiger partial charge in [-0.25, -0.2) is 4.98 Å². The van der Waals surface area contributed by atoms with E-state index >= 15 is 0 Å². The lowest BCUT2D eigenvalue weighted by molar-refractivity contribution is -0.119. The van der Waals surface area contributed by atoms with Crippen molar-refractivity contribution < 1.29 is 13.9 Å². The first-order valence-electron chi connectivity index (χ1n) is 11.1. The van der Waals surface area contributed by atoms with Crippen molar-refractivity contribution in [3.63, 3.8) is 0 Å². The predicted molar refractivity (Wildman–Crippen MR) is 123 cm³/mol. The van der Waals surface area contributed by atoms with Crippen molar-refractivity contribution in [2.75, 3.05) is 0 Å². The monoisotopic (exact) mass is 448 g/mol. The highest BCUT2D eigenvalue weighted by atomic mass is 32.1. The van der Waals surface area contributed by atoms with E-state index < -0.39 is 0 Å². The molecule has 5 heterocycles. The van der Waals surface area contributed by atoms with Crippen LogP contribution in [0.4, 0.5) is 0 Å². The van der Waals surface area contributed by atoms with E-state index in [1.165, 1.54) is 24.2 Å². The minimum Gasteiger partial charge on any atom is -0.460 e. The molecule has 2 N–H and O–H groups in total. The van der Waals surface area contributed by atoms with Gasteiger partial charge in [-0.2, -0.15) is 0 Å². The number of carbonyl (C=O) groups is 1. The zero-order chi connectivity index (χ0) is 21.7. The standard InChI is InChI=1S/C24H24N4O3S/c25-23(29)9-14-7-16-1-2-17(8-14)28(16)13-19-11-15-10-18(3-4-21(15)30-19)31-24-27-20-12-26-6-5-22(20)32-24/h3-6,10-12,14,16-17H,1-2,7-9,13H2,(H2,25,29)/t14?,16-,17+. The van der Waals surface area contributed by atoms with Gasteiger partial charge in [0.1, 0.15) is 22.6 Å². The Morgan fingerprint density at radius 1 is 1.22 bits per heavy atom. The zero-order valence-electron chi connectivity index (χ0n) is 17.6. The van der Waals surface area contributed by atoms with Crippen LogP contribution in [0.25, 0.3) is 21.2 Å². The minimum atomic E-state index is -0.180. The van der Waals surface area contributed by atoms with Crippen molar-refractivity contribution in [1.82, 2.24) is 14.9 Å². The van der Waals surface area contributed by atoms with Crippen LogP contribution >= 0.6 is 11.3 Å². The fraction of sp³-hybridized carbons (Fsp3) is 0.375. The summed E-state index contributed by atoms with van der Waals surface area (Å²) in [6.45, 7) is 0.800. The number of primary amides is 1. The molecule has 0 radical (unpaired) electrons. The van der Waals surface area contributed by atoms with Gasteiger partial charge in [0.25, 0.3) is 5.19 Å². The van der Waals surface area contributed by atoms with E-state index in [2.05, 4.69) is 20.9 Å². The second-order valence-corrected chi connectivity index (χ2v) is 9.90. The summed E-state index contributed by atoms with van der Waals surface area (Å²) in [4.78, 5) is 22.5. The van der Waals surface area contributed by atoms with Crippen LogP contribution in [0.3, 0.4) is 0 Å². The number of aromatic nitrogens is 2. The lowest BCUT2D eigenvalue weighted by Crippen LogP contribution is -2.42. The van der Waals surface area contributed by atoms with Crippen LogP contribution in [0.15, 0.2) is 47.1 Å². The Morgan fingerprint density at radius 2 is 2.06 bits per heavy atom. The van der Waals surface area contributed by atoms with E-state index in [1.54, 1.807) is 12.4 Å². The van der Waals surface area contributed by atoms with Gasteiger partial charge in [0.15, 0.2) is 0 Å². The molecule has 2 saturated heterocycles. The van der Waals surface area contributed by atoms with Gasteiger partial charge in [0.2, 0.25) is 5.91 Å². The number of nitrogens with zero attached hydrogens (tertiary/aromatic N) is 3. The Kier molecular flexibility index (Phi) is 4.84. The fourth-order valence-corrected chi connectivity index (χ4v) is 6.20. The maximum atomic E-state index is 11.3. The smallest absolute Gasteiger partial charge is 0.279 e. The molecule has 1 amide bonds. The van der Waals surface area contributed by atoms with Crippen LogP contribution in [-0.2, 0) is 11.3 Å². The molecule has 1 aromatic carbocycles. The Balaban J connectivity index is 1.17. The molecule has 2 aliphatic rings. The highest BCUT2D eigenvalue weighted by Crippen LogP contribution is 2.41. The quantitative estimate of drug-likeness (QED) is 0.453. The Hall–Kier alpha value is -2.97. The molecule has 2 fully saturated rings. The molecule has 6 rings (SSSR count). The number of furan rings is 1. The van der Waals surface area contributed by atoms with Gasteiger partial charge in [-0.1, -0.05) is 11.3 Å². The first-order valence-corrected chi connectivity index (χ1v) is 11.9. The third-order valence-electron chi connectivity index (χ3n) is 6.72. The topological polar surface area (TPSA) is 94.5 Å². The number of hydrogen-bond donors (Lipinski definition) is 1. The number of nitrogens with two attached hydrogens (primary N) is 1. The predicted octanol–water partition coefficient (Wildman–Crippen LogP) is 4.85. The van der Waals surface area contributed by atoms with Gasteiger partial charge in [-0.05, 0) is 61.9 Å². The van der Waals surface area contributed by atoms with Crippen LogP contribution < -0.4 is 10.5 Å². The van der Waals surface area contributed by atoms with Gasteiger partial charge in [0, 0.05) is 30.1 Å². The van der Waals surface area contributed by atoms with Gasteiger partial charge < -0.3 is 14.9 Å². The summed E-state index contributed by atoms with van der Waals surface area (Å²) >= 11 is 1.50. The summed E-state index contributed by atoms with van der Waals surface area (Å²) in [5.74, 6) is 1.95. The largest absolute Gasteiger partial charge is 0.460 e. The molecule has 2 bridgehead atoms. The maximum Gasteiger partial charge on any atom is 0.279 e. The molecule has 0 saturated carbocycles. The van der Waals surface area contributed by atoms with E-state index in [1.807, 2.05) is 24.3 Å². The van der Waals surface area contributed by atoms with Crippen LogP contribution in [-0.4, -0.2) is 32.9 Å². The number of piperidine rings is 1. The van der Waals surface area contributed by atoms with Crippen LogP contribution in [0.2, 0.25) is 0 Å². The SMILES string of the molecule is NC(=O)CC1C[C@H]2CC[C@@H](C1)N2Cc1cc2cc(Oc3nc4cnccc4s3)ccc2o1. The molecule has 3 atom stereocenters. The summed E-state index contributed by atoms with van der Waals surface area (Å²) in [6, 6.07) is 10.9. The molecule has 1 unspecified atom stereocenters. The van der Waals surface area contributed by atoms with Crippen molar-refractivity contribution in [1.29, 1.82) is 0 Å². The molecule has 2 aliphatic heterocycles. The zero-order valence-corrected chi connectivity index (χ0v) is 18.4. The van der Waals surface area contributed by atoms with Gasteiger partial charge in [-0.3, -0.25) is 14.7 Å². The Labute approximate surface area is 189 Å². The molecule has 164 valence electrons. The summed E-state index contributed by atoms with van der Waals surface area (Å²) in [6.07, 6.45) is 8.50. The lowest BCUT2D eigenvalue weighted by Gasteiger charge is -2.38. The second kappa shape index (κ2) is 7.86. The average Bonchev–Trinajstić information content (AvgIpc) is 3.41. The lowest BCUT2D eigenvalue weighted by atomic mass is 9.88. The fourth-order valence-electron chi connectivity index (χ4n) is 5.40. The van der Waals surface area contributed by atoms with E-state index in [4.69, 9.17) is 14.9 Å². The van der Waals surface area contributed by atoms with E-state index in [-0.39, 0.29) is 5.91 Å². The van der Waals surface area contributed by atoms with Crippen molar-refractivity contribution >= 4 is 38.4 Å². The number of ether oxygens (including phenoxy) is 1. The van der Waals surface area contributed by atoms with E-state index in [0.717, 1.165) is 52.1 Å². The second-order valence-electron chi connectivity index (χ2n) is 8.90. The highest BCUT2D eigenvalue weighted by Gasteiger charge is 2.41. The third kappa shape index (κ3) is 3.73. The highest BCUT2D eigenvalue weighted by molar-refractivity contribution is 7.20. The summed E-state index contributed by atoms with van der Waals surface area (Å²) < 4.78 is 13.2. The summed E-state index contributed by atoms with van der Waals surface area (Å²) in [5.41, 5.74) is 7.13. The number of fused-ring (bicyclic) bond motifs is 4. The van der Waals surface area contributed by atoms with Crippen LogP contribution in [0.5, 0.6) is 10.9 Å². The van der Waals surface area contributed by atoms with Crippen molar-refractivity contribution in [3.8, 4) is 10.9 Å². The number of carbonyl (C=O) groups excluding carboxylic acids is 1. The molecule has 0 spiro atoms. The van der Waals surface area contributed by atoms with Crippen molar-refractivity contribution in [2.45, 2.75) is 50.7 Å². The number of pyridine rings is 1. The number of thiazole rings is 1. The Morgan fingerprint density at radius 3 is 2.84 bits per heavy atom. The maximum absolute atomic E-state index is 11.3. The van der Waals surface area contributed by atoms with Gasteiger partial charge in [-0.15, -0.1) is 0 Å². The third-order valence-corrected chi connectivity index (χ3v) is 7.64. The normalized spacial score (nSPS) is 23.2. The summed E-state index contributed by atoms with van der Waals surface area (Å²) in [7, 11) is 0.